The zero-order valence-electron chi connectivity index (χ0n) is 12.3. The van der Waals surface area contributed by atoms with Crippen LogP contribution in [0.25, 0.3) is 16.1 Å². The van der Waals surface area contributed by atoms with Gasteiger partial charge in [-0.3, -0.25) is 0 Å². The van der Waals surface area contributed by atoms with E-state index in [0.29, 0.717) is 11.6 Å². The average molecular weight is 368 g/mol. The molecule has 1 aromatic heterocycles. The molecule has 0 saturated carbocycles. The van der Waals surface area contributed by atoms with E-state index in [1.54, 1.807) is 6.07 Å². The van der Waals surface area contributed by atoms with Crippen molar-refractivity contribution in [1.82, 2.24) is 20.6 Å². The maximum Gasteiger partial charge on any atom is 0.417 e. The highest BCUT2D eigenvalue weighted by Crippen LogP contribution is 2.38. The molecule has 130 valence electrons. The fourth-order valence-corrected chi connectivity index (χ4v) is 3.30. The first-order valence-electron chi connectivity index (χ1n) is 6.75. The van der Waals surface area contributed by atoms with E-state index in [1.807, 2.05) is 0 Å². The van der Waals surface area contributed by atoms with Gasteiger partial charge in [-0.2, -0.15) is 18.4 Å². The lowest BCUT2D eigenvalue weighted by Gasteiger charge is -2.24. The molecule has 0 aliphatic carbocycles. The standard InChI is InChI=1S/C14H9F3N5O2S/c15-14(16,17)11-6-1-2-7-12(11)25(23,24)20-10-5-3-4-9(8-10)13-18-21-22-19-13/h1-8H,(H,18,19,21,22)/q-1. The number of alkyl halides is 3. The molecule has 3 aromatic rings. The predicted molar refractivity (Wildman–Crippen MR) is 81.3 cm³/mol. The number of nitrogens with zero attached hydrogens (tertiary/aromatic N) is 4. The van der Waals surface area contributed by atoms with Crippen LogP contribution in [-0.2, 0) is 16.2 Å². The second kappa shape index (κ2) is 6.16. The summed E-state index contributed by atoms with van der Waals surface area (Å²) in [7, 11) is -4.57. The van der Waals surface area contributed by atoms with Crippen LogP contribution in [0.4, 0.5) is 18.9 Å². The SMILES string of the molecule is O=S(=O)([N-]c1cccc(-c2nn[nH]n2)c1)c1ccccc1C(F)(F)F. The number of rotatable bonds is 4. The monoisotopic (exact) mass is 368 g/mol. The normalized spacial score (nSPS) is 12.1. The number of nitrogens with one attached hydrogen (secondary N) is 1. The highest BCUT2D eigenvalue weighted by molar-refractivity contribution is 7.94. The van der Waals surface area contributed by atoms with E-state index in [0.717, 1.165) is 12.1 Å². The molecule has 0 atom stereocenters. The predicted octanol–water partition coefficient (Wildman–Crippen LogP) is 3.28. The molecule has 0 aliphatic rings. The largest absolute Gasteiger partial charge is 0.573 e. The van der Waals surface area contributed by atoms with Crippen LogP contribution in [-0.4, -0.2) is 29.0 Å². The minimum Gasteiger partial charge on any atom is -0.573 e. The smallest absolute Gasteiger partial charge is 0.417 e. The van der Waals surface area contributed by atoms with Crippen molar-refractivity contribution in [2.75, 3.05) is 0 Å². The van der Waals surface area contributed by atoms with E-state index < -0.39 is 26.7 Å². The third kappa shape index (κ3) is 3.60. The van der Waals surface area contributed by atoms with Gasteiger partial charge in [0.1, 0.15) is 10.0 Å². The molecule has 2 aromatic carbocycles. The molecule has 3 rings (SSSR count). The first-order chi connectivity index (χ1) is 11.8. The topological polar surface area (TPSA) is 103 Å². The third-order valence-corrected chi connectivity index (χ3v) is 4.51. The fourth-order valence-electron chi connectivity index (χ4n) is 2.10. The lowest BCUT2D eigenvalue weighted by atomic mass is 10.2. The van der Waals surface area contributed by atoms with Gasteiger partial charge in [0.2, 0.25) is 5.82 Å². The molecule has 1 heterocycles. The summed E-state index contributed by atoms with van der Waals surface area (Å²) in [4.78, 5) is -0.910. The van der Waals surface area contributed by atoms with Crippen molar-refractivity contribution in [1.29, 1.82) is 0 Å². The van der Waals surface area contributed by atoms with Gasteiger partial charge in [0.05, 0.1) is 10.5 Å². The summed E-state index contributed by atoms with van der Waals surface area (Å²) >= 11 is 0. The Hall–Kier alpha value is -2.95. The lowest BCUT2D eigenvalue weighted by Crippen LogP contribution is -2.12. The first-order valence-corrected chi connectivity index (χ1v) is 8.19. The summed E-state index contributed by atoms with van der Waals surface area (Å²) < 4.78 is 67.3. The molecule has 0 radical (unpaired) electrons. The Morgan fingerprint density at radius 1 is 1.04 bits per heavy atom. The molecule has 0 aliphatic heterocycles. The molecule has 11 heteroatoms. The Labute approximate surface area is 139 Å². The number of halogens is 3. The van der Waals surface area contributed by atoms with Crippen molar-refractivity contribution in [3.8, 4) is 11.4 Å². The second-order valence-electron chi connectivity index (χ2n) is 4.85. The van der Waals surface area contributed by atoms with Crippen LogP contribution in [0.15, 0.2) is 53.4 Å². The minimum atomic E-state index is -4.81. The number of tetrazole rings is 1. The first kappa shape index (κ1) is 16.9. The summed E-state index contributed by atoms with van der Waals surface area (Å²) in [5, 5.41) is 13.1. The number of H-pyrrole nitrogens is 1. The Kier molecular flexibility index (Phi) is 4.17. The van der Waals surface area contributed by atoms with Gasteiger partial charge in [-0.15, -0.1) is 15.9 Å². The molecule has 7 nitrogen and oxygen atoms in total. The van der Waals surface area contributed by atoms with Gasteiger partial charge in [0, 0.05) is 5.56 Å². The number of hydrogen-bond donors (Lipinski definition) is 1. The molecule has 0 amide bonds. The van der Waals surface area contributed by atoms with Crippen molar-refractivity contribution in [3.05, 3.63) is 58.8 Å². The van der Waals surface area contributed by atoms with Crippen molar-refractivity contribution in [2.45, 2.75) is 11.1 Å². The summed E-state index contributed by atoms with van der Waals surface area (Å²) in [5.74, 6) is 0.199. The Morgan fingerprint density at radius 3 is 2.48 bits per heavy atom. The Balaban J connectivity index is 1.97. The lowest BCUT2D eigenvalue weighted by molar-refractivity contribution is -0.139. The van der Waals surface area contributed by atoms with Crippen LogP contribution in [0, 0.1) is 0 Å². The van der Waals surface area contributed by atoms with E-state index in [1.165, 1.54) is 24.3 Å². The van der Waals surface area contributed by atoms with Gasteiger partial charge in [-0.25, -0.2) is 8.42 Å². The quantitative estimate of drug-likeness (QED) is 0.761. The van der Waals surface area contributed by atoms with Gasteiger partial charge in [-0.05, 0) is 17.3 Å². The maximum absolute atomic E-state index is 13.0. The summed E-state index contributed by atoms with van der Waals surface area (Å²) in [6.07, 6.45) is -4.81. The highest BCUT2D eigenvalue weighted by Gasteiger charge is 2.35. The molecule has 0 fully saturated rings. The van der Waals surface area contributed by atoms with E-state index >= 15 is 0 Å². The van der Waals surface area contributed by atoms with Crippen LogP contribution in [0.3, 0.4) is 0 Å². The number of sulfonamides is 1. The molecular formula is C14H9F3N5O2S-. The number of benzene rings is 2. The van der Waals surface area contributed by atoms with Crippen LogP contribution in [0.1, 0.15) is 5.56 Å². The van der Waals surface area contributed by atoms with Crippen molar-refractivity contribution in [2.24, 2.45) is 0 Å². The number of hydrogen-bond acceptors (Lipinski definition) is 5. The molecular weight excluding hydrogens is 359 g/mol. The Bertz CT molecular complexity index is 988. The van der Waals surface area contributed by atoms with Gasteiger partial charge in [0.15, 0.2) is 0 Å². The van der Waals surface area contributed by atoms with Gasteiger partial charge >= 0.3 is 6.18 Å². The van der Waals surface area contributed by atoms with Crippen LogP contribution < -0.4 is 0 Å². The molecule has 1 N–H and O–H groups in total. The number of aromatic nitrogens is 4. The summed E-state index contributed by atoms with van der Waals surface area (Å²) in [6, 6.07) is 9.61. The zero-order chi connectivity index (χ0) is 18.1. The van der Waals surface area contributed by atoms with Crippen LogP contribution in [0.2, 0.25) is 0 Å². The van der Waals surface area contributed by atoms with Gasteiger partial charge in [0.25, 0.3) is 0 Å². The number of aromatic amines is 1. The summed E-state index contributed by atoms with van der Waals surface area (Å²) in [6.45, 7) is 0. The van der Waals surface area contributed by atoms with Gasteiger partial charge in [-0.1, -0.05) is 36.4 Å². The van der Waals surface area contributed by atoms with Crippen molar-refractivity contribution in [3.63, 3.8) is 0 Å². The van der Waals surface area contributed by atoms with Crippen LogP contribution in [0.5, 0.6) is 0 Å². The van der Waals surface area contributed by atoms with E-state index in [-0.39, 0.29) is 11.5 Å². The van der Waals surface area contributed by atoms with Crippen LogP contribution >= 0.6 is 0 Å². The van der Waals surface area contributed by atoms with Gasteiger partial charge < -0.3 is 4.72 Å². The molecule has 0 saturated heterocycles. The van der Waals surface area contributed by atoms with E-state index in [4.69, 9.17) is 0 Å². The molecule has 25 heavy (non-hydrogen) atoms. The molecule has 0 unspecified atom stereocenters. The average Bonchev–Trinajstić information content (AvgIpc) is 3.08. The van der Waals surface area contributed by atoms with E-state index in [9.17, 15) is 21.6 Å². The Morgan fingerprint density at radius 2 is 1.80 bits per heavy atom. The summed E-state index contributed by atoms with van der Waals surface area (Å²) in [5.41, 5.74) is -0.915. The maximum atomic E-state index is 13.0. The van der Waals surface area contributed by atoms with Crippen molar-refractivity contribution >= 4 is 15.7 Å². The second-order valence-corrected chi connectivity index (χ2v) is 6.42. The molecule has 0 spiro atoms. The van der Waals surface area contributed by atoms with Crippen molar-refractivity contribution < 1.29 is 21.6 Å². The minimum absolute atomic E-state index is 0.0562. The fraction of sp³-hybridized carbons (Fsp3) is 0.0714. The molecule has 0 bridgehead atoms. The zero-order valence-corrected chi connectivity index (χ0v) is 13.1. The third-order valence-electron chi connectivity index (χ3n) is 3.15. The van der Waals surface area contributed by atoms with E-state index in [2.05, 4.69) is 25.3 Å². The highest BCUT2D eigenvalue weighted by atomic mass is 32.2.